The van der Waals surface area contributed by atoms with Gasteiger partial charge >= 0.3 is 6.09 Å². The lowest BCUT2D eigenvalue weighted by Gasteiger charge is -2.20. The van der Waals surface area contributed by atoms with Crippen molar-refractivity contribution in [3.8, 4) is 0 Å². The van der Waals surface area contributed by atoms with Crippen molar-refractivity contribution in [1.29, 1.82) is 0 Å². The molecule has 0 aromatic heterocycles. The molecule has 0 heterocycles. The standard InChI is InChI=1S/C14H20N2O3/c1-10(2)12(13(17)15-3)16-14(18)19-9-11-7-5-4-6-8-11/h4-8,10,12H,9H2,1-3H3,(H,15,17)(H,16,18)/t12-/m0/s1. The van der Waals surface area contributed by atoms with Gasteiger partial charge in [0.2, 0.25) is 5.91 Å². The van der Waals surface area contributed by atoms with E-state index >= 15 is 0 Å². The minimum Gasteiger partial charge on any atom is -0.445 e. The van der Waals surface area contributed by atoms with Crippen LogP contribution in [0.3, 0.4) is 0 Å². The number of alkyl carbamates (subject to hydrolysis) is 1. The van der Waals surface area contributed by atoms with Gasteiger partial charge in [0.25, 0.3) is 0 Å². The largest absolute Gasteiger partial charge is 0.445 e. The van der Waals surface area contributed by atoms with E-state index in [9.17, 15) is 9.59 Å². The molecule has 0 saturated carbocycles. The lowest BCUT2D eigenvalue weighted by molar-refractivity contribution is -0.123. The summed E-state index contributed by atoms with van der Waals surface area (Å²) in [6.07, 6.45) is -0.592. The SMILES string of the molecule is CNC(=O)[C@@H](NC(=O)OCc1ccccc1)C(C)C. The van der Waals surface area contributed by atoms with E-state index in [4.69, 9.17) is 4.74 Å². The highest BCUT2D eigenvalue weighted by atomic mass is 16.5. The zero-order valence-electron chi connectivity index (χ0n) is 11.5. The van der Waals surface area contributed by atoms with E-state index in [1.807, 2.05) is 44.2 Å². The van der Waals surface area contributed by atoms with Gasteiger partial charge in [0.15, 0.2) is 0 Å². The fourth-order valence-electron chi connectivity index (χ4n) is 1.58. The minimum absolute atomic E-state index is 0.00998. The van der Waals surface area contributed by atoms with E-state index in [2.05, 4.69) is 10.6 Å². The van der Waals surface area contributed by atoms with Crippen molar-refractivity contribution in [2.75, 3.05) is 7.05 Å². The third-order valence-electron chi connectivity index (χ3n) is 2.68. The van der Waals surface area contributed by atoms with Crippen LogP contribution < -0.4 is 10.6 Å². The summed E-state index contributed by atoms with van der Waals surface area (Å²) in [7, 11) is 1.54. The third-order valence-corrected chi connectivity index (χ3v) is 2.68. The molecule has 2 N–H and O–H groups in total. The first-order valence-corrected chi connectivity index (χ1v) is 6.23. The van der Waals surface area contributed by atoms with Gasteiger partial charge in [-0.25, -0.2) is 4.79 Å². The summed E-state index contributed by atoms with van der Waals surface area (Å²) in [6, 6.07) is 8.78. The van der Waals surface area contributed by atoms with Crippen molar-refractivity contribution in [1.82, 2.24) is 10.6 Å². The van der Waals surface area contributed by atoms with E-state index in [0.29, 0.717) is 0 Å². The van der Waals surface area contributed by atoms with Gasteiger partial charge in [0, 0.05) is 7.05 Å². The van der Waals surface area contributed by atoms with Crippen molar-refractivity contribution in [2.24, 2.45) is 5.92 Å². The van der Waals surface area contributed by atoms with Crippen LogP contribution in [0.2, 0.25) is 0 Å². The summed E-state index contributed by atoms with van der Waals surface area (Å²) in [4.78, 5) is 23.2. The maximum atomic E-state index is 11.6. The average molecular weight is 264 g/mol. The summed E-state index contributed by atoms with van der Waals surface area (Å²) >= 11 is 0. The Labute approximate surface area is 113 Å². The summed E-state index contributed by atoms with van der Waals surface area (Å²) in [5.41, 5.74) is 0.902. The van der Waals surface area contributed by atoms with Crippen molar-refractivity contribution in [2.45, 2.75) is 26.5 Å². The number of nitrogens with one attached hydrogen (secondary N) is 2. The summed E-state index contributed by atoms with van der Waals surface area (Å²) in [6.45, 7) is 3.90. The van der Waals surface area contributed by atoms with Crippen LogP contribution in [0.15, 0.2) is 30.3 Å². The first-order chi connectivity index (χ1) is 9.04. The van der Waals surface area contributed by atoms with Gasteiger partial charge < -0.3 is 15.4 Å². The van der Waals surface area contributed by atoms with Gasteiger partial charge in [0.1, 0.15) is 12.6 Å². The second-order valence-electron chi connectivity index (χ2n) is 4.54. The number of amides is 2. The molecule has 0 spiro atoms. The van der Waals surface area contributed by atoms with E-state index in [1.165, 1.54) is 7.05 Å². The van der Waals surface area contributed by atoms with Crippen molar-refractivity contribution in [3.05, 3.63) is 35.9 Å². The molecule has 1 aromatic rings. The topological polar surface area (TPSA) is 67.4 Å². The summed E-state index contributed by atoms with van der Waals surface area (Å²) in [5, 5.41) is 5.08. The molecular weight excluding hydrogens is 244 g/mol. The Morgan fingerprint density at radius 1 is 1.21 bits per heavy atom. The highest BCUT2D eigenvalue weighted by Crippen LogP contribution is 2.04. The van der Waals surface area contributed by atoms with Crippen LogP contribution in [0.25, 0.3) is 0 Å². The Hall–Kier alpha value is -2.04. The first kappa shape index (κ1) is 15.0. The molecule has 1 rings (SSSR count). The molecule has 19 heavy (non-hydrogen) atoms. The Bertz CT molecular complexity index is 418. The predicted molar refractivity (Wildman–Crippen MR) is 72.5 cm³/mol. The van der Waals surface area contributed by atoms with Gasteiger partial charge in [-0.05, 0) is 11.5 Å². The number of likely N-dealkylation sites (N-methyl/N-ethyl adjacent to an activating group) is 1. The molecule has 5 heteroatoms. The van der Waals surface area contributed by atoms with E-state index in [0.717, 1.165) is 5.56 Å². The smallest absolute Gasteiger partial charge is 0.408 e. The van der Waals surface area contributed by atoms with Gasteiger partial charge in [-0.15, -0.1) is 0 Å². The first-order valence-electron chi connectivity index (χ1n) is 6.23. The van der Waals surface area contributed by atoms with Crippen LogP contribution in [0.4, 0.5) is 4.79 Å². The highest BCUT2D eigenvalue weighted by molar-refractivity contribution is 5.85. The number of hydrogen-bond acceptors (Lipinski definition) is 3. The lowest BCUT2D eigenvalue weighted by Crippen LogP contribution is -2.48. The normalized spacial score (nSPS) is 11.8. The number of rotatable bonds is 5. The number of carbonyl (C=O) groups is 2. The molecule has 104 valence electrons. The second kappa shape index (κ2) is 7.41. The maximum absolute atomic E-state index is 11.6. The molecule has 0 aliphatic carbocycles. The van der Waals surface area contributed by atoms with Gasteiger partial charge in [-0.2, -0.15) is 0 Å². The maximum Gasteiger partial charge on any atom is 0.408 e. The van der Waals surface area contributed by atoms with Crippen LogP contribution in [0.5, 0.6) is 0 Å². The Morgan fingerprint density at radius 2 is 1.84 bits per heavy atom. The van der Waals surface area contributed by atoms with Crippen molar-refractivity contribution >= 4 is 12.0 Å². The Balaban J connectivity index is 2.47. The van der Waals surface area contributed by atoms with Crippen molar-refractivity contribution < 1.29 is 14.3 Å². The number of hydrogen-bond donors (Lipinski definition) is 2. The van der Waals surface area contributed by atoms with Crippen LogP contribution in [-0.4, -0.2) is 25.1 Å². The minimum atomic E-state index is -0.592. The zero-order chi connectivity index (χ0) is 14.3. The molecular formula is C14H20N2O3. The van der Waals surface area contributed by atoms with Gasteiger partial charge in [0.05, 0.1) is 0 Å². The van der Waals surface area contributed by atoms with E-state index in [1.54, 1.807) is 0 Å². The molecule has 0 fully saturated rings. The fourth-order valence-corrected chi connectivity index (χ4v) is 1.58. The molecule has 5 nitrogen and oxygen atoms in total. The molecule has 0 saturated heterocycles. The Kier molecular flexibility index (Phi) is 5.85. The van der Waals surface area contributed by atoms with E-state index < -0.39 is 12.1 Å². The van der Waals surface area contributed by atoms with Crippen LogP contribution >= 0.6 is 0 Å². The summed E-state index contributed by atoms with van der Waals surface area (Å²) < 4.78 is 5.07. The quantitative estimate of drug-likeness (QED) is 0.850. The lowest BCUT2D eigenvalue weighted by atomic mass is 10.0. The van der Waals surface area contributed by atoms with Crippen molar-refractivity contribution in [3.63, 3.8) is 0 Å². The number of carbonyl (C=O) groups excluding carboxylic acids is 2. The third kappa shape index (κ3) is 4.99. The second-order valence-corrected chi connectivity index (χ2v) is 4.54. The molecule has 2 amide bonds. The molecule has 1 atom stereocenters. The average Bonchev–Trinajstić information content (AvgIpc) is 2.42. The van der Waals surface area contributed by atoms with Crippen LogP contribution in [0, 0.1) is 5.92 Å². The fraction of sp³-hybridized carbons (Fsp3) is 0.429. The molecule has 0 bridgehead atoms. The van der Waals surface area contributed by atoms with Gasteiger partial charge in [-0.1, -0.05) is 44.2 Å². The Morgan fingerprint density at radius 3 is 2.37 bits per heavy atom. The molecule has 0 unspecified atom stereocenters. The predicted octanol–water partition coefficient (Wildman–Crippen LogP) is 1.68. The van der Waals surface area contributed by atoms with Crippen LogP contribution in [0.1, 0.15) is 19.4 Å². The monoisotopic (exact) mass is 264 g/mol. The molecule has 0 aliphatic rings. The molecule has 0 aliphatic heterocycles. The molecule has 1 aromatic carbocycles. The van der Waals surface area contributed by atoms with Gasteiger partial charge in [-0.3, -0.25) is 4.79 Å². The zero-order valence-corrected chi connectivity index (χ0v) is 11.5. The summed E-state index contributed by atoms with van der Waals surface area (Å²) in [5.74, 6) is -0.240. The van der Waals surface area contributed by atoms with Crippen LogP contribution in [-0.2, 0) is 16.1 Å². The van der Waals surface area contributed by atoms with E-state index in [-0.39, 0.29) is 18.4 Å². The number of benzene rings is 1. The number of ether oxygens (including phenoxy) is 1. The molecule has 0 radical (unpaired) electrons. The highest BCUT2D eigenvalue weighted by Gasteiger charge is 2.23.